The van der Waals surface area contributed by atoms with Crippen molar-refractivity contribution in [1.82, 2.24) is 0 Å². The van der Waals surface area contributed by atoms with Gasteiger partial charge in [0.25, 0.3) is 0 Å². The summed E-state index contributed by atoms with van der Waals surface area (Å²) in [5.74, 6) is 0.739. The van der Waals surface area contributed by atoms with Crippen molar-refractivity contribution in [3.05, 3.63) is 21.1 Å². The largest absolute Gasteiger partial charge is 0.495 e. The Hall–Kier alpha value is -0.740. The highest BCUT2D eigenvalue weighted by atomic mass is 79.9. The van der Waals surface area contributed by atoms with Crippen molar-refractivity contribution in [3.63, 3.8) is 0 Å². The molecule has 0 aliphatic rings. The van der Waals surface area contributed by atoms with E-state index < -0.39 is 0 Å². The van der Waals surface area contributed by atoms with Crippen LogP contribution in [0.2, 0.25) is 5.02 Å². The molecule has 0 heterocycles. The first kappa shape index (κ1) is 11.3. The minimum atomic E-state index is 0.300. The number of benzene rings is 1. The van der Waals surface area contributed by atoms with Crippen LogP contribution in [0.1, 0.15) is 10.4 Å². The lowest BCUT2D eigenvalue weighted by Crippen LogP contribution is -1.97. The number of rotatable bonds is 3. The Bertz CT molecular complexity index is 337. The molecule has 1 aromatic carbocycles. The molecule has 1 aromatic rings. The van der Waals surface area contributed by atoms with Gasteiger partial charge < -0.3 is 9.47 Å². The van der Waals surface area contributed by atoms with E-state index in [0.717, 1.165) is 0 Å². The molecule has 0 spiro atoms. The fourth-order valence-electron chi connectivity index (χ4n) is 1.12. The Kier molecular flexibility index (Phi) is 3.77. The zero-order chi connectivity index (χ0) is 10.7. The van der Waals surface area contributed by atoms with E-state index in [9.17, 15) is 4.79 Å². The summed E-state index contributed by atoms with van der Waals surface area (Å²) >= 11 is 9.11. The molecule has 0 fully saturated rings. The van der Waals surface area contributed by atoms with E-state index in [1.807, 2.05) is 0 Å². The first-order valence-corrected chi connectivity index (χ1v) is 4.88. The zero-order valence-electron chi connectivity index (χ0n) is 7.64. The predicted octanol–water partition coefficient (Wildman–Crippen LogP) is 2.93. The van der Waals surface area contributed by atoms with Crippen LogP contribution in [0.5, 0.6) is 11.5 Å². The van der Waals surface area contributed by atoms with Gasteiger partial charge in [0.15, 0.2) is 12.0 Å². The van der Waals surface area contributed by atoms with Gasteiger partial charge in [-0.3, -0.25) is 4.79 Å². The number of carbonyl (C=O) groups excluding carboxylic acids is 1. The number of aldehydes is 1. The molecule has 0 radical (unpaired) electrons. The maximum absolute atomic E-state index is 10.8. The van der Waals surface area contributed by atoms with Crippen molar-refractivity contribution >= 4 is 33.8 Å². The lowest BCUT2D eigenvalue weighted by Gasteiger charge is -2.11. The highest BCUT2D eigenvalue weighted by Gasteiger charge is 2.16. The molecular weight excluding hydrogens is 271 g/mol. The molecule has 0 saturated carbocycles. The van der Waals surface area contributed by atoms with E-state index in [0.29, 0.717) is 32.8 Å². The monoisotopic (exact) mass is 278 g/mol. The van der Waals surface area contributed by atoms with Gasteiger partial charge in [0, 0.05) is 0 Å². The van der Waals surface area contributed by atoms with E-state index in [4.69, 9.17) is 21.1 Å². The van der Waals surface area contributed by atoms with Gasteiger partial charge in [0.2, 0.25) is 0 Å². The summed E-state index contributed by atoms with van der Waals surface area (Å²) in [6.07, 6.45) is 0.647. The van der Waals surface area contributed by atoms with E-state index >= 15 is 0 Å². The summed E-state index contributed by atoms with van der Waals surface area (Å²) in [6, 6.07) is 1.62. The molecule has 76 valence electrons. The third-order valence-corrected chi connectivity index (χ3v) is 2.57. The van der Waals surface area contributed by atoms with E-state index in [1.165, 1.54) is 14.2 Å². The van der Waals surface area contributed by atoms with Crippen LogP contribution in [0.25, 0.3) is 0 Å². The molecule has 0 amide bonds. The summed E-state index contributed by atoms with van der Waals surface area (Å²) in [5, 5.41) is 0.363. The second-order valence-corrected chi connectivity index (χ2v) is 3.70. The molecule has 1 rings (SSSR count). The lowest BCUT2D eigenvalue weighted by molar-refractivity contribution is 0.111. The molecule has 5 heteroatoms. The van der Waals surface area contributed by atoms with Crippen molar-refractivity contribution in [2.45, 2.75) is 0 Å². The molecule has 0 N–H and O–H groups in total. The zero-order valence-corrected chi connectivity index (χ0v) is 9.98. The fourth-order valence-corrected chi connectivity index (χ4v) is 2.15. The normalized spacial score (nSPS) is 9.71. The van der Waals surface area contributed by atoms with Crippen LogP contribution in [0, 0.1) is 0 Å². The van der Waals surface area contributed by atoms with Crippen LogP contribution in [0.4, 0.5) is 0 Å². The molecule has 0 saturated heterocycles. The van der Waals surface area contributed by atoms with E-state index in [1.54, 1.807) is 6.07 Å². The number of hydrogen-bond donors (Lipinski definition) is 0. The molecule has 0 atom stereocenters. The van der Waals surface area contributed by atoms with Crippen molar-refractivity contribution in [1.29, 1.82) is 0 Å². The molecule has 0 aromatic heterocycles. The minimum Gasteiger partial charge on any atom is -0.495 e. The van der Waals surface area contributed by atoms with Crippen LogP contribution in [-0.4, -0.2) is 20.5 Å². The van der Waals surface area contributed by atoms with Crippen molar-refractivity contribution in [3.8, 4) is 11.5 Å². The predicted molar refractivity (Wildman–Crippen MR) is 57.6 cm³/mol. The average molecular weight is 280 g/mol. The number of halogens is 2. The van der Waals surface area contributed by atoms with Crippen LogP contribution >= 0.6 is 27.5 Å². The van der Waals surface area contributed by atoms with Crippen LogP contribution in [0.15, 0.2) is 10.5 Å². The summed E-state index contributed by atoms with van der Waals surface area (Å²) in [5.41, 5.74) is 0.300. The maximum Gasteiger partial charge on any atom is 0.157 e. The number of methoxy groups -OCH3 is 2. The second-order valence-electron chi connectivity index (χ2n) is 2.44. The van der Waals surface area contributed by atoms with Gasteiger partial charge in [0.1, 0.15) is 11.3 Å². The van der Waals surface area contributed by atoms with Crippen LogP contribution in [-0.2, 0) is 0 Å². The van der Waals surface area contributed by atoms with Gasteiger partial charge in [-0.1, -0.05) is 11.6 Å². The lowest BCUT2D eigenvalue weighted by atomic mass is 10.2. The topological polar surface area (TPSA) is 35.5 Å². The SMILES string of the molecule is COc1c(Cl)cc(Br)c(OC)c1C=O. The Morgan fingerprint density at radius 1 is 1.36 bits per heavy atom. The van der Waals surface area contributed by atoms with Crippen molar-refractivity contribution in [2.24, 2.45) is 0 Å². The summed E-state index contributed by atoms with van der Waals surface area (Å²) in [6.45, 7) is 0. The quantitative estimate of drug-likeness (QED) is 0.798. The molecule has 0 aliphatic heterocycles. The average Bonchev–Trinajstić information content (AvgIpc) is 2.16. The van der Waals surface area contributed by atoms with Gasteiger partial charge in [-0.15, -0.1) is 0 Å². The molecule has 0 unspecified atom stereocenters. The fraction of sp³-hybridized carbons (Fsp3) is 0.222. The number of carbonyl (C=O) groups is 1. The standard InChI is InChI=1S/C9H8BrClO3/c1-13-8-5(4-12)9(14-2)7(11)3-6(8)10/h3-4H,1-2H3. The first-order valence-electron chi connectivity index (χ1n) is 3.70. The highest BCUT2D eigenvalue weighted by Crippen LogP contribution is 2.39. The number of ether oxygens (including phenoxy) is 2. The molecule has 3 nitrogen and oxygen atoms in total. The Labute approximate surface area is 95.1 Å². The van der Waals surface area contributed by atoms with Crippen LogP contribution < -0.4 is 9.47 Å². The third-order valence-electron chi connectivity index (χ3n) is 1.70. The Balaban J connectivity index is 3.51. The van der Waals surface area contributed by atoms with E-state index in [2.05, 4.69) is 15.9 Å². The molecular formula is C9H8BrClO3. The second kappa shape index (κ2) is 4.66. The Morgan fingerprint density at radius 3 is 2.36 bits per heavy atom. The Morgan fingerprint density at radius 2 is 1.93 bits per heavy atom. The van der Waals surface area contributed by atoms with E-state index in [-0.39, 0.29) is 0 Å². The highest BCUT2D eigenvalue weighted by molar-refractivity contribution is 9.10. The smallest absolute Gasteiger partial charge is 0.157 e. The summed E-state index contributed by atoms with van der Waals surface area (Å²) in [4.78, 5) is 10.8. The van der Waals surface area contributed by atoms with Gasteiger partial charge in [-0.25, -0.2) is 0 Å². The molecule has 14 heavy (non-hydrogen) atoms. The molecule has 0 aliphatic carbocycles. The van der Waals surface area contributed by atoms with Gasteiger partial charge in [0.05, 0.1) is 23.7 Å². The number of hydrogen-bond acceptors (Lipinski definition) is 3. The first-order chi connectivity index (χ1) is 6.65. The van der Waals surface area contributed by atoms with Gasteiger partial charge >= 0.3 is 0 Å². The van der Waals surface area contributed by atoms with Gasteiger partial charge in [-0.05, 0) is 22.0 Å². The van der Waals surface area contributed by atoms with Crippen molar-refractivity contribution < 1.29 is 14.3 Å². The maximum atomic E-state index is 10.8. The summed E-state index contributed by atoms with van der Waals surface area (Å²) < 4.78 is 10.7. The molecule has 0 bridgehead atoms. The van der Waals surface area contributed by atoms with Crippen LogP contribution in [0.3, 0.4) is 0 Å². The van der Waals surface area contributed by atoms with Gasteiger partial charge in [-0.2, -0.15) is 0 Å². The summed E-state index contributed by atoms with van der Waals surface area (Å²) in [7, 11) is 2.92. The minimum absolute atomic E-state index is 0.300. The third kappa shape index (κ3) is 1.86. The van der Waals surface area contributed by atoms with Crippen molar-refractivity contribution in [2.75, 3.05) is 14.2 Å².